The van der Waals surface area contributed by atoms with Crippen LogP contribution in [-0.4, -0.2) is 51.6 Å². The molecule has 4 rings (SSSR count). The summed E-state index contributed by atoms with van der Waals surface area (Å²) in [5, 5.41) is 7.34. The lowest BCUT2D eigenvalue weighted by Gasteiger charge is -2.26. The van der Waals surface area contributed by atoms with E-state index in [9.17, 15) is 4.79 Å². The second kappa shape index (κ2) is 7.29. The van der Waals surface area contributed by atoms with Gasteiger partial charge in [-0.15, -0.1) is 0 Å². The molecule has 3 aromatic rings. The Morgan fingerprint density at radius 1 is 1.23 bits per heavy atom. The Kier molecular flexibility index (Phi) is 4.71. The maximum Gasteiger partial charge on any atom is 0.256 e. The zero-order valence-corrected chi connectivity index (χ0v) is 14.9. The monoisotopic (exact) mass is 353 g/mol. The van der Waals surface area contributed by atoms with E-state index in [1.54, 1.807) is 16.9 Å². The molecule has 0 spiro atoms. The number of carbonyl (C=O) groups is 1. The van der Waals surface area contributed by atoms with Gasteiger partial charge in [0.15, 0.2) is 11.4 Å². The molecule has 3 aromatic heterocycles. The number of amides is 1. The van der Waals surface area contributed by atoms with E-state index in [0.29, 0.717) is 23.5 Å². The number of piperidine rings is 1. The third-order valence-electron chi connectivity index (χ3n) is 4.80. The van der Waals surface area contributed by atoms with Crippen LogP contribution in [0.5, 0.6) is 0 Å². The number of likely N-dealkylation sites (tertiary alicyclic amines) is 1. The average molecular weight is 353 g/mol. The van der Waals surface area contributed by atoms with Crippen LogP contribution in [0.2, 0.25) is 0 Å². The summed E-state index contributed by atoms with van der Waals surface area (Å²) < 4.78 is 7.34. The van der Waals surface area contributed by atoms with E-state index in [0.717, 1.165) is 31.1 Å². The van der Waals surface area contributed by atoms with Gasteiger partial charge >= 0.3 is 0 Å². The van der Waals surface area contributed by atoms with Gasteiger partial charge in [-0.3, -0.25) is 4.79 Å². The highest BCUT2D eigenvalue weighted by Crippen LogP contribution is 2.23. The summed E-state index contributed by atoms with van der Waals surface area (Å²) in [6.45, 7) is 5.66. The van der Waals surface area contributed by atoms with Crippen molar-refractivity contribution in [3.8, 4) is 11.5 Å². The molecule has 1 aliphatic heterocycles. The molecule has 7 heteroatoms. The fraction of sp³-hybridized carbons (Fsp3) is 0.421. The zero-order chi connectivity index (χ0) is 17.9. The molecule has 1 aliphatic rings. The second-order valence-electron chi connectivity index (χ2n) is 6.69. The number of hydrogen-bond donors (Lipinski definition) is 1. The topological polar surface area (TPSA) is 75.7 Å². The Bertz CT molecular complexity index is 908. The van der Waals surface area contributed by atoms with Crippen LogP contribution in [0.3, 0.4) is 0 Å². The van der Waals surface area contributed by atoms with Crippen molar-refractivity contribution in [3.05, 3.63) is 41.9 Å². The summed E-state index contributed by atoms with van der Waals surface area (Å²) in [7, 11) is 0. The SMILES string of the molecule is Cc1ccc(-c2ccnc3c(C(=O)NCCN4CCCCC4)cnn23)o1. The lowest BCUT2D eigenvalue weighted by atomic mass is 10.1. The Morgan fingerprint density at radius 2 is 2.08 bits per heavy atom. The lowest BCUT2D eigenvalue weighted by molar-refractivity contribution is 0.0948. The summed E-state index contributed by atoms with van der Waals surface area (Å²) in [6.07, 6.45) is 7.06. The quantitative estimate of drug-likeness (QED) is 0.763. The Balaban J connectivity index is 1.49. The van der Waals surface area contributed by atoms with Gasteiger partial charge in [0.2, 0.25) is 0 Å². The maximum absolute atomic E-state index is 12.6. The number of hydrogen-bond acceptors (Lipinski definition) is 5. The smallest absolute Gasteiger partial charge is 0.256 e. The molecular weight excluding hydrogens is 330 g/mol. The molecule has 0 radical (unpaired) electrons. The number of aromatic nitrogens is 3. The predicted molar refractivity (Wildman–Crippen MR) is 98.1 cm³/mol. The van der Waals surface area contributed by atoms with Crippen LogP contribution in [0.15, 0.2) is 35.0 Å². The largest absolute Gasteiger partial charge is 0.460 e. The standard InChI is InChI=1S/C19H23N5O2/c1-14-5-6-17(26-14)16-7-8-20-18-15(13-22-24(16)18)19(25)21-9-12-23-10-3-2-4-11-23/h5-8,13H,2-4,9-12H2,1H3,(H,21,25). The van der Waals surface area contributed by atoms with Crippen molar-refractivity contribution in [2.75, 3.05) is 26.2 Å². The number of rotatable bonds is 5. The van der Waals surface area contributed by atoms with E-state index in [1.165, 1.54) is 19.3 Å². The molecule has 1 saturated heterocycles. The highest BCUT2D eigenvalue weighted by Gasteiger charge is 2.17. The van der Waals surface area contributed by atoms with Crippen molar-refractivity contribution in [3.63, 3.8) is 0 Å². The molecule has 1 amide bonds. The van der Waals surface area contributed by atoms with Gasteiger partial charge in [0.25, 0.3) is 5.91 Å². The van der Waals surface area contributed by atoms with Crippen molar-refractivity contribution in [1.29, 1.82) is 0 Å². The summed E-state index contributed by atoms with van der Waals surface area (Å²) in [6, 6.07) is 5.62. The highest BCUT2D eigenvalue weighted by atomic mass is 16.3. The first-order chi connectivity index (χ1) is 12.7. The van der Waals surface area contributed by atoms with E-state index < -0.39 is 0 Å². The minimum Gasteiger partial charge on any atom is -0.460 e. The molecule has 0 aliphatic carbocycles. The first-order valence-corrected chi connectivity index (χ1v) is 9.12. The predicted octanol–water partition coefficient (Wildman–Crippen LogP) is 2.51. The third-order valence-corrected chi connectivity index (χ3v) is 4.80. The van der Waals surface area contributed by atoms with Crippen molar-refractivity contribution in [2.24, 2.45) is 0 Å². The van der Waals surface area contributed by atoms with Gasteiger partial charge in [0.1, 0.15) is 17.0 Å². The highest BCUT2D eigenvalue weighted by molar-refractivity contribution is 5.99. The van der Waals surface area contributed by atoms with E-state index in [4.69, 9.17) is 4.42 Å². The Hall–Kier alpha value is -2.67. The zero-order valence-electron chi connectivity index (χ0n) is 14.9. The Labute approximate surface area is 152 Å². The van der Waals surface area contributed by atoms with Gasteiger partial charge in [-0.25, -0.2) is 9.50 Å². The van der Waals surface area contributed by atoms with Gasteiger partial charge in [-0.1, -0.05) is 6.42 Å². The fourth-order valence-corrected chi connectivity index (χ4v) is 3.42. The molecule has 26 heavy (non-hydrogen) atoms. The number of aryl methyl sites for hydroxylation is 1. The van der Waals surface area contributed by atoms with E-state index in [1.807, 2.05) is 25.1 Å². The van der Waals surface area contributed by atoms with Crippen molar-refractivity contribution in [1.82, 2.24) is 24.8 Å². The summed E-state index contributed by atoms with van der Waals surface area (Å²) in [5.74, 6) is 1.39. The molecule has 0 saturated carbocycles. The maximum atomic E-state index is 12.6. The van der Waals surface area contributed by atoms with Gasteiger partial charge in [-0.2, -0.15) is 5.10 Å². The van der Waals surface area contributed by atoms with Crippen LogP contribution in [-0.2, 0) is 0 Å². The molecule has 0 atom stereocenters. The molecule has 1 N–H and O–H groups in total. The number of nitrogens with zero attached hydrogens (tertiary/aromatic N) is 4. The van der Waals surface area contributed by atoms with Crippen LogP contribution in [0.1, 0.15) is 35.4 Å². The Morgan fingerprint density at radius 3 is 2.85 bits per heavy atom. The molecule has 1 fully saturated rings. The van der Waals surface area contributed by atoms with Gasteiger partial charge in [-0.05, 0) is 51.1 Å². The van der Waals surface area contributed by atoms with Crippen molar-refractivity contribution < 1.29 is 9.21 Å². The first-order valence-electron chi connectivity index (χ1n) is 9.12. The van der Waals surface area contributed by atoms with E-state index in [2.05, 4.69) is 20.3 Å². The second-order valence-corrected chi connectivity index (χ2v) is 6.69. The van der Waals surface area contributed by atoms with Gasteiger partial charge < -0.3 is 14.6 Å². The molecule has 136 valence electrons. The number of furan rings is 1. The van der Waals surface area contributed by atoms with E-state index >= 15 is 0 Å². The van der Waals surface area contributed by atoms with Crippen LogP contribution >= 0.6 is 0 Å². The molecule has 4 heterocycles. The number of nitrogens with one attached hydrogen (secondary N) is 1. The fourth-order valence-electron chi connectivity index (χ4n) is 3.42. The molecule has 0 aromatic carbocycles. The summed E-state index contributed by atoms with van der Waals surface area (Å²) >= 11 is 0. The minimum absolute atomic E-state index is 0.141. The normalized spacial score (nSPS) is 15.4. The van der Waals surface area contributed by atoms with Crippen LogP contribution in [0.4, 0.5) is 0 Å². The van der Waals surface area contributed by atoms with Gasteiger partial charge in [0, 0.05) is 19.3 Å². The van der Waals surface area contributed by atoms with Crippen LogP contribution in [0.25, 0.3) is 17.1 Å². The first kappa shape index (κ1) is 16.8. The van der Waals surface area contributed by atoms with Crippen LogP contribution in [0, 0.1) is 6.92 Å². The average Bonchev–Trinajstić information content (AvgIpc) is 3.28. The summed E-state index contributed by atoms with van der Waals surface area (Å²) in [4.78, 5) is 19.3. The van der Waals surface area contributed by atoms with Crippen LogP contribution < -0.4 is 5.32 Å². The summed E-state index contributed by atoms with van der Waals surface area (Å²) in [5.41, 5.74) is 1.79. The lowest BCUT2D eigenvalue weighted by Crippen LogP contribution is -2.37. The molecule has 0 bridgehead atoms. The number of carbonyl (C=O) groups excluding carboxylic acids is 1. The van der Waals surface area contributed by atoms with E-state index in [-0.39, 0.29) is 5.91 Å². The molecular formula is C19H23N5O2. The third kappa shape index (κ3) is 3.35. The van der Waals surface area contributed by atoms with Crippen molar-refractivity contribution in [2.45, 2.75) is 26.2 Å². The molecule has 0 unspecified atom stereocenters. The minimum atomic E-state index is -0.141. The molecule has 7 nitrogen and oxygen atoms in total. The number of fused-ring (bicyclic) bond motifs is 1. The van der Waals surface area contributed by atoms with Gasteiger partial charge in [0.05, 0.1) is 6.20 Å². The van der Waals surface area contributed by atoms with Crippen molar-refractivity contribution >= 4 is 11.6 Å².